The summed E-state index contributed by atoms with van der Waals surface area (Å²) in [5.74, 6) is -2.63. The number of rotatable bonds is 11. The quantitative estimate of drug-likeness (QED) is 0.253. The molecule has 0 spiro atoms. The van der Waals surface area contributed by atoms with Crippen LogP contribution in [0.1, 0.15) is 31.3 Å². The third-order valence-corrected chi connectivity index (χ3v) is 5.40. The second-order valence-corrected chi connectivity index (χ2v) is 8.02. The number of nitrogens with zero attached hydrogens (tertiary/aromatic N) is 1. The summed E-state index contributed by atoms with van der Waals surface area (Å²) < 4.78 is 21.6. The fourth-order valence-corrected chi connectivity index (χ4v) is 3.43. The summed E-state index contributed by atoms with van der Waals surface area (Å²) in [4.78, 5) is 61.5. The molecule has 0 aliphatic carbocycles. The Morgan fingerprint density at radius 3 is 2.14 bits per heavy atom. The van der Waals surface area contributed by atoms with Crippen LogP contribution in [-0.4, -0.2) is 49.9 Å². The monoisotopic (exact) mass is 513 g/mol. The number of fused-ring (bicyclic) bond motifs is 1. The van der Waals surface area contributed by atoms with E-state index in [1.807, 2.05) is 0 Å². The van der Waals surface area contributed by atoms with Gasteiger partial charge in [-0.2, -0.15) is 0 Å². The van der Waals surface area contributed by atoms with Crippen LogP contribution in [0.3, 0.4) is 0 Å². The average molecular weight is 514 g/mol. The summed E-state index contributed by atoms with van der Waals surface area (Å²) >= 11 is 0. The minimum atomic E-state index is -0.703. The van der Waals surface area contributed by atoms with Crippen LogP contribution in [0, 0.1) is 11.8 Å². The number of carbonyl (C=O) groups is 3. The molecule has 1 aromatic carbocycles. The minimum Gasteiger partial charge on any atom is -0.485 e. The van der Waals surface area contributed by atoms with Gasteiger partial charge in [0.15, 0.2) is 11.2 Å². The molecule has 2 atom stereocenters. The van der Waals surface area contributed by atoms with E-state index in [0.29, 0.717) is 5.52 Å². The van der Waals surface area contributed by atoms with Crippen molar-refractivity contribution in [2.24, 2.45) is 11.8 Å². The molecule has 2 unspecified atom stereocenters. The fraction of sp³-hybridized carbons (Fsp3) is 0.370. The van der Waals surface area contributed by atoms with Crippen LogP contribution in [-0.2, 0) is 30.3 Å². The molecule has 0 bridgehead atoms. The molecule has 2 aromatic rings. The van der Waals surface area contributed by atoms with Crippen LogP contribution in [0.4, 0.5) is 0 Å². The molecular formula is C27H31NO9. The Balaban J connectivity index is 2.54. The number of aromatic nitrogens is 1. The smallest absolute Gasteiger partial charge is 0.355 e. The van der Waals surface area contributed by atoms with Crippen molar-refractivity contribution in [3.8, 4) is 5.75 Å². The maximum atomic E-state index is 13.0. The number of pyridine rings is 1. The number of hydrogen-bond acceptors (Lipinski definition) is 9. The lowest BCUT2D eigenvalue weighted by atomic mass is 10.1. The van der Waals surface area contributed by atoms with Gasteiger partial charge in [0.05, 0.1) is 38.2 Å². The normalized spacial score (nSPS) is 12.9. The topological polar surface area (TPSA) is 127 Å². The Bertz CT molecular complexity index is 1320. The first-order valence-electron chi connectivity index (χ1n) is 11.6. The molecule has 0 N–H and O–H groups in total. The zero-order chi connectivity index (χ0) is 27.5. The first-order valence-corrected chi connectivity index (χ1v) is 11.6. The van der Waals surface area contributed by atoms with Crippen LogP contribution in [0.2, 0.25) is 0 Å². The van der Waals surface area contributed by atoms with E-state index in [0.717, 1.165) is 6.07 Å². The molecule has 2 rings (SSSR count). The van der Waals surface area contributed by atoms with Gasteiger partial charge in [-0.3, -0.25) is 19.2 Å². The molecular weight excluding hydrogens is 482 g/mol. The van der Waals surface area contributed by atoms with Gasteiger partial charge in [-0.1, -0.05) is 24.3 Å². The van der Waals surface area contributed by atoms with E-state index in [4.69, 9.17) is 14.2 Å². The standard InChI is InChI=1S/C27H31NO9/c1-6-36-27(33)21-16-23(30)19-15-24(37-14-8-10-18(3)26(32)35-5)22(29)12-11-20(19)28(21)13-7-9-17(2)25(31)34-4/h7-12,15-18H,6,13-14H2,1-5H3. The van der Waals surface area contributed by atoms with Gasteiger partial charge in [-0.25, -0.2) is 4.79 Å². The highest BCUT2D eigenvalue weighted by Gasteiger charge is 2.17. The highest BCUT2D eigenvalue weighted by molar-refractivity contribution is 5.92. The SMILES string of the molecule is CCOC(=O)c1cc(=O)c2cc(OCC=CC(C)C(=O)OC)c(=O)ccc2n1CC=CC(C)C(=O)OC. The van der Waals surface area contributed by atoms with Gasteiger partial charge < -0.3 is 23.5 Å². The number of esters is 3. The summed E-state index contributed by atoms with van der Waals surface area (Å²) in [5.41, 5.74) is -0.691. The largest absolute Gasteiger partial charge is 0.485 e. The van der Waals surface area contributed by atoms with E-state index in [1.54, 1.807) is 45.1 Å². The average Bonchev–Trinajstić information content (AvgIpc) is 3.05. The van der Waals surface area contributed by atoms with Crippen LogP contribution >= 0.6 is 0 Å². The summed E-state index contributed by atoms with van der Waals surface area (Å²) in [5, 5.41) is 0.145. The summed E-state index contributed by atoms with van der Waals surface area (Å²) in [6.07, 6.45) is 6.42. The first kappa shape index (κ1) is 29.0. The number of carbonyl (C=O) groups excluding carboxylic acids is 3. The number of hydrogen-bond donors (Lipinski definition) is 0. The summed E-state index contributed by atoms with van der Waals surface area (Å²) in [6, 6.07) is 5.14. The molecule has 1 aromatic heterocycles. The zero-order valence-electron chi connectivity index (χ0n) is 21.5. The van der Waals surface area contributed by atoms with Crippen LogP contribution < -0.4 is 15.6 Å². The highest BCUT2D eigenvalue weighted by Crippen LogP contribution is 2.17. The zero-order valence-corrected chi connectivity index (χ0v) is 21.5. The predicted molar refractivity (Wildman–Crippen MR) is 137 cm³/mol. The lowest BCUT2D eigenvalue weighted by Crippen LogP contribution is -2.19. The molecule has 0 aliphatic rings. The van der Waals surface area contributed by atoms with Crippen LogP contribution in [0.25, 0.3) is 10.9 Å². The molecule has 0 radical (unpaired) electrons. The van der Waals surface area contributed by atoms with E-state index < -0.39 is 40.6 Å². The van der Waals surface area contributed by atoms with E-state index in [-0.39, 0.29) is 36.6 Å². The molecule has 0 fully saturated rings. The van der Waals surface area contributed by atoms with Crippen molar-refractivity contribution in [3.63, 3.8) is 0 Å². The predicted octanol–water partition coefficient (Wildman–Crippen LogP) is 2.65. The molecule has 0 aliphatic heterocycles. The Morgan fingerprint density at radius 2 is 1.54 bits per heavy atom. The number of allylic oxidation sites excluding steroid dienone is 1. The lowest BCUT2D eigenvalue weighted by Gasteiger charge is -2.14. The van der Waals surface area contributed by atoms with Gasteiger partial charge in [0.2, 0.25) is 5.43 Å². The molecule has 0 saturated carbocycles. The van der Waals surface area contributed by atoms with Crippen molar-refractivity contribution < 1.29 is 33.3 Å². The van der Waals surface area contributed by atoms with E-state index in [2.05, 4.69) is 4.74 Å². The third kappa shape index (κ3) is 7.63. The van der Waals surface area contributed by atoms with Crippen molar-refractivity contribution in [3.05, 3.63) is 74.7 Å². The second-order valence-electron chi connectivity index (χ2n) is 8.02. The van der Waals surface area contributed by atoms with Gasteiger partial charge in [-0.15, -0.1) is 0 Å². The maximum Gasteiger partial charge on any atom is 0.355 e. The van der Waals surface area contributed by atoms with E-state index >= 15 is 0 Å². The van der Waals surface area contributed by atoms with Gasteiger partial charge >= 0.3 is 17.9 Å². The molecule has 37 heavy (non-hydrogen) atoms. The Morgan fingerprint density at radius 1 is 0.919 bits per heavy atom. The van der Waals surface area contributed by atoms with E-state index in [1.165, 1.54) is 37.0 Å². The second kappa shape index (κ2) is 13.8. The Labute approximate surface area is 214 Å². The summed E-state index contributed by atoms with van der Waals surface area (Å²) in [6.45, 7) is 5.15. The molecule has 0 amide bonds. The highest BCUT2D eigenvalue weighted by atomic mass is 16.5. The maximum absolute atomic E-state index is 13.0. The van der Waals surface area contributed by atoms with Gasteiger partial charge in [0.25, 0.3) is 0 Å². The van der Waals surface area contributed by atoms with Crippen molar-refractivity contribution >= 4 is 28.8 Å². The van der Waals surface area contributed by atoms with Gasteiger partial charge in [0, 0.05) is 18.0 Å². The van der Waals surface area contributed by atoms with Crippen molar-refractivity contribution in [1.29, 1.82) is 0 Å². The van der Waals surface area contributed by atoms with Crippen molar-refractivity contribution in [2.75, 3.05) is 27.4 Å². The fourth-order valence-electron chi connectivity index (χ4n) is 3.43. The number of methoxy groups -OCH3 is 2. The first-order chi connectivity index (χ1) is 17.6. The molecule has 10 nitrogen and oxygen atoms in total. The summed E-state index contributed by atoms with van der Waals surface area (Å²) in [7, 11) is 2.58. The molecule has 198 valence electrons. The number of ether oxygens (including phenoxy) is 4. The van der Waals surface area contributed by atoms with Crippen LogP contribution in [0.15, 0.2) is 58.2 Å². The molecule has 10 heteroatoms. The molecule has 1 heterocycles. The van der Waals surface area contributed by atoms with E-state index in [9.17, 15) is 24.0 Å². The molecule has 0 saturated heterocycles. The van der Waals surface area contributed by atoms with Gasteiger partial charge in [-0.05, 0) is 39.0 Å². The third-order valence-electron chi connectivity index (χ3n) is 5.40. The Hall–Kier alpha value is -4.21. The van der Waals surface area contributed by atoms with Crippen molar-refractivity contribution in [2.45, 2.75) is 27.3 Å². The Kier molecular flexibility index (Phi) is 10.8. The van der Waals surface area contributed by atoms with Crippen LogP contribution in [0.5, 0.6) is 5.75 Å². The van der Waals surface area contributed by atoms with Crippen molar-refractivity contribution in [1.82, 2.24) is 4.57 Å². The van der Waals surface area contributed by atoms with Gasteiger partial charge in [0.1, 0.15) is 12.3 Å². The lowest BCUT2D eigenvalue weighted by molar-refractivity contribution is -0.144. The minimum absolute atomic E-state index is 0.00410.